The molecule has 2 aromatic heterocycles. The summed E-state index contributed by atoms with van der Waals surface area (Å²) in [7, 11) is -3.60. The van der Waals surface area contributed by atoms with E-state index in [0.717, 1.165) is 11.8 Å². The van der Waals surface area contributed by atoms with E-state index in [1.807, 2.05) is 0 Å². The number of sulfone groups is 1. The molecule has 0 bridgehead atoms. The Morgan fingerprint density at radius 1 is 1.18 bits per heavy atom. The summed E-state index contributed by atoms with van der Waals surface area (Å²) >= 11 is 0. The van der Waals surface area contributed by atoms with Gasteiger partial charge >= 0.3 is 6.18 Å². The Morgan fingerprint density at radius 2 is 1.82 bits per heavy atom. The van der Waals surface area contributed by atoms with E-state index in [9.17, 15) is 31.5 Å². The number of pyridine rings is 1. The zero-order valence-electron chi connectivity index (χ0n) is 19.1. The Morgan fingerprint density at radius 3 is 2.38 bits per heavy atom. The number of aromatic nitrogens is 2. The Bertz CT molecular complexity index is 1360. The maximum absolute atomic E-state index is 14.2. The molecule has 3 rings (SSSR count). The lowest BCUT2D eigenvalue weighted by molar-refractivity contribution is -0.266. The lowest BCUT2D eigenvalue weighted by atomic mass is 9.71. The first kappa shape index (κ1) is 25.7. The molecule has 0 saturated carbocycles. The smallest absolute Gasteiger partial charge is 0.380 e. The molecule has 1 amide bonds. The highest BCUT2D eigenvalue weighted by Crippen LogP contribution is 2.44. The Hall–Kier alpha value is -2.92. The van der Waals surface area contributed by atoms with Crippen molar-refractivity contribution >= 4 is 26.6 Å². The number of nitrogens with zero attached hydrogens (tertiary/aromatic N) is 1. The largest absolute Gasteiger partial charge is 0.417 e. The highest BCUT2D eigenvalue weighted by Gasteiger charge is 2.56. The second kappa shape index (κ2) is 8.38. The van der Waals surface area contributed by atoms with E-state index in [1.165, 1.54) is 38.2 Å². The van der Waals surface area contributed by atoms with Crippen LogP contribution in [0.4, 0.5) is 13.2 Å². The Kier molecular flexibility index (Phi) is 6.34. The highest BCUT2D eigenvalue weighted by atomic mass is 32.2. The standard InChI is InChI=1S/C23H26F3N3O4S/c1-13-5-6-16(20(27)30)17(7-13)21(2,3)12-22(31,23(24,25)26)10-15-8-14-9-19(34(4,32)33)28-11-18(14)29-15/h5-9,11,29,31H,10,12H2,1-4H3,(H2,27,30). The summed E-state index contributed by atoms with van der Waals surface area (Å²) in [6.07, 6.45) is -4.38. The quantitative estimate of drug-likeness (QED) is 0.460. The summed E-state index contributed by atoms with van der Waals surface area (Å²) in [5.41, 5.74) is 2.51. The minimum atomic E-state index is -5.01. The molecule has 34 heavy (non-hydrogen) atoms. The summed E-state index contributed by atoms with van der Waals surface area (Å²) in [5, 5.41) is 11.1. The van der Waals surface area contributed by atoms with Crippen LogP contribution in [0.3, 0.4) is 0 Å². The van der Waals surface area contributed by atoms with E-state index < -0.39 is 45.8 Å². The van der Waals surface area contributed by atoms with Crippen LogP contribution >= 0.6 is 0 Å². The van der Waals surface area contributed by atoms with Crippen LogP contribution < -0.4 is 5.73 Å². The molecule has 184 valence electrons. The average Bonchev–Trinajstić information content (AvgIpc) is 3.06. The molecule has 3 aromatic rings. The molecule has 0 saturated heterocycles. The van der Waals surface area contributed by atoms with E-state index in [1.54, 1.807) is 19.1 Å². The number of alkyl halides is 3. The third-order valence-corrected chi connectivity index (χ3v) is 6.81. The Labute approximate surface area is 195 Å². The predicted molar refractivity (Wildman–Crippen MR) is 121 cm³/mol. The number of nitrogens with one attached hydrogen (secondary N) is 1. The number of primary amides is 1. The van der Waals surface area contributed by atoms with Gasteiger partial charge < -0.3 is 15.8 Å². The van der Waals surface area contributed by atoms with Crippen LogP contribution in [0.1, 0.15) is 47.4 Å². The minimum absolute atomic E-state index is 0.0532. The van der Waals surface area contributed by atoms with Crippen molar-refractivity contribution in [3.8, 4) is 0 Å². The Balaban J connectivity index is 2.03. The second-order valence-electron chi connectivity index (χ2n) is 9.36. The molecule has 2 heterocycles. The first-order chi connectivity index (χ1) is 15.4. The number of H-pyrrole nitrogens is 1. The molecule has 0 spiro atoms. The number of benzene rings is 1. The van der Waals surface area contributed by atoms with Crippen molar-refractivity contribution in [3.05, 3.63) is 58.9 Å². The molecule has 1 unspecified atom stereocenters. The first-order valence-corrected chi connectivity index (χ1v) is 12.2. The van der Waals surface area contributed by atoms with Crippen molar-refractivity contribution in [2.45, 2.75) is 55.8 Å². The molecule has 0 radical (unpaired) electrons. The fourth-order valence-corrected chi connectivity index (χ4v) is 4.79. The molecule has 0 aliphatic rings. The van der Waals surface area contributed by atoms with E-state index in [4.69, 9.17) is 5.73 Å². The maximum atomic E-state index is 14.2. The van der Waals surface area contributed by atoms with Gasteiger partial charge in [-0.05, 0) is 42.5 Å². The van der Waals surface area contributed by atoms with Gasteiger partial charge in [0, 0.05) is 29.3 Å². The number of fused-ring (bicyclic) bond motifs is 1. The number of carbonyl (C=O) groups excluding carboxylic acids is 1. The number of halogens is 3. The van der Waals surface area contributed by atoms with Gasteiger partial charge in [-0.3, -0.25) is 4.79 Å². The summed E-state index contributed by atoms with van der Waals surface area (Å²) in [6.45, 7) is 4.76. The van der Waals surface area contributed by atoms with Gasteiger partial charge in [0.05, 0.1) is 11.7 Å². The molecule has 4 N–H and O–H groups in total. The second-order valence-corrected chi connectivity index (χ2v) is 11.3. The maximum Gasteiger partial charge on any atom is 0.417 e. The molecule has 1 atom stereocenters. The fraction of sp³-hybridized carbons (Fsp3) is 0.391. The van der Waals surface area contributed by atoms with E-state index in [0.29, 0.717) is 16.5 Å². The van der Waals surface area contributed by atoms with E-state index >= 15 is 0 Å². The van der Waals surface area contributed by atoms with Crippen LogP contribution in [0.2, 0.25) is 0 Å². The fourth-order valence-electron chi connectivity index (χ4n) is 4.21. The van der Waals surface area contributed by atoms with Crippen molar-refractivity contribution in [2.24, 2.45) is 5.73 Å². The van der Waals surface area contributed by atoms with Gasteiger partial charge in [0.25, 0.3) is 0 Å². The number of amides is 1. The van der Waals surface area contributed by atoms with Crippen molar-refractivity contribution < 1.29 is 31.5 Å². The molecular weight excluding hydrogens is 471 g/mol. The third kappa shape index (κ3) is 5.10. The van der Waals surface area contributed by atoms with Gasteiger partial charge in [-0.15, -0.1) is 0 Å². The van der Waals surface area contributed by atoms with E-state index in [-0.39, 0.29) is 16.3 Å². The van der Waals surface area contributed by atoms with Gasteiger partial charge in [-0.1, -0.05) is 31.5 Å². The lowest BCUT2D eigenvalue weighted by Crippen LogP contribution is -2.51. The SMILES string of the molecule is Cc1ccc(C(N)=O)c(C(C)(C)CC(O)(Cc2cc3cc(S(C)(=O)=O)ncc3[nH]2)C(F)(F)F)c1. The predicted octanol–water partition coefficient (Wildman–Crippen LogP) is 3.58. The molecule has 7 nitrogen and oxygen atoms in total. The molecule has 0 fully saturated rings. The van der Waals surface area contributed by atoms with Crippen molar-refractivity contribution in [2.75, 3.05) is 6.26 Å². The summed E-state index contributed by atoms with van der Waals surface area (Å²) in [4.78, 5) is 18.5. The van der Waals surface area contributed by atoms with Gasteiger partial charge in [0.15, 0.2) is 20.5 Å². The first-order valence-electron chi connectivity index (χ1n) is 10.3. The van der Waals surface area contributed by atoms with Crippen molar-refractivity contribution in [3.63, 3.8) is 0 Å². The number of aromatic amines is 1. The number of hydrogen-bond donors (Lipinski definition) is 3. The van der Waals surface area contributed by atoms with Crippen LogP contribution in [-0.2, 0) is 21.7 Å². The minimum Gasteiger partial charge on any atom is -0.380 e. The summed E-state index contributed by atoms with van der Waals surface area (Å²) < 4.78 is 66.1. The molecule has 0 aliphatic heterocycles. The van der Waals surface area contributed by atoms with E-state index in [2.05, 4.69) is 9.97 Å². The number of aryl methyl sites for hydroxylation is 1. The van der Waals surface area contributed by atoms with Crippen molar-refractivity contribution in [1.82, 2.24) is 9.97 Å². The van der Waals surface area contributed by atoms with Crippen LogP contribution in [-0.4, -0.2) is 47.4 Å². The van der Waals surface area contributed by atoms with Crippen LogP contribution in [0.5, 0.6) is 0 Å². The number of carbonyl (C=O) groups is 1. The number of rotatable bonds is 7. The molecular formula is C23H26F3N3O4S. The van der Waals surface area contributed by atoms with Gasteiger partial charge in [0.1, 0.15) is 0 Å². The van der Waals surface area contributed by atoms with Crippen LogP contribution in [0.25, 0.3) is 10.9 Å². The summed E-state index contributed by atoms with van der Waals surface area (Å²) in [5.74, 6) is -0.775. The number of aliphatic hydroxyl groups is 1. The van der Waals surface area contributed by atoms with Crippen LogP contribution in [0, 0.1) is 6.92 Å². The van der Waals surface area contributed by atoms with Crippen LogP contribution in [0.15, 0.2) is 41.6 Å². The third-order valence-electron chi connectivity index (χ3n) is 5.83. The number of nitrogens with two attached hydrogens (primary N) is 1. The summed E-state index contributed by atoms with van der Waals surface area (Å²) in [6, 6.07) is 7.31. The zero-order chi connectivity index (χ0) is 25.7. The monoisotopic (exact) mass is 497 g/mol. The number of hydrogen-bond acceptors (Lipinski definition) is 5. The highest BCUT2D eigenvalue weighted by molar-refractivity contribution is 7.90. The van der Waals surface area contributed by atoms with Gasteiger partial charge in [0.2, 0.25) is 5.91 Å². The lowest BCUT2D eigenvalue weighted by Gasteiger charge is -2.38. The molecule has 0 aliphatic carbocycles. The van der Waals surface area contributed by atoms with Gasteiger partial charge in [-0.2, -0.15) is 13.2 Å². The molecule has 1 aromatic carbocycles. The average molecular weight is 498 g/mol. The topological polar surface area (TPSA) is 126 Å². The normalized spacial score (nSPS) is 14.8. The van der Waals surface area contributed by atoms with Gasteiger partial charge in [-0.25, -0.2) is 13.4 Å². The molecule has 11 heteroatoms. The van der Waals surface area contributed by atoms with Crippen molar-refractivity contribution in [1.29, 1.82) is 0 Å². The zero-order valence-corrected chi connectivity index (χ0v) is 19.9.